The van der Waals surface area contributed by atoms with Crippen LogP contribution in [0.5, 0.6) is 0 Å². The summed E-state index contributed by atoms with van der Waals surface area (Å²) in [7, 11) is 0. The van der Waals surface area contributed by atoms with Gasteiger partial charge >= 0.3 is 0 Å². The number of benzene rings is 1. The van der Waals surface area contributed by atoms with Crippen molar-refractivity contribution in [3.63, 3.8) is 0 Å². The Balaban J connectivity index is 1.81. The van der Waals surface area contributed by atoms with Crippen molar-refractivity contribution in [2.24, 2.45) is 0 Å². The fourth-order valence-electron chi connectivity index (χ4n) is 3.77. The first-order valence-corrected chi connectivity index (χ1v) is 10.8. The van der Waals surface area contributed by atoms with Crippen LogP contribution in [0.15, 0.2) is 57.7 Å². The van der Waals surface area contributed by atoms with E-state index in [0.717, 1.165) is 30.1 Å². The van der Waals surface area contributed by atoms with Crippen molar-refractivity contribution in [3.05, 3.63) is 70.3 Å². The van der Waals surface area contributed by atoms with E-state index in [4.69, 9.17) is 4.42 Å². The molecule has 0 bridgehead atoms. The quantitative estimate of drug-likeness (QED) is 0.555. The first-order valence-electron chi connectivity index (χ1n) is 9.95. The molecule has 2 aromatic heterocycles. The third-order valence-electron chi connectivity index (χ3n) is 5.31. The Morgan fingerprint density at radius 2 is 1.90 bits per heavy atom. The fraction of sp³-hybridized carbons (Fsp3) is 0.273. The Morgan fingerprint density at radius 1 is 1.19 bits per heavy atom. The average molecular weight is 439 g/mol. The molecule has 1 aliphatic rings. The summed E-state index contributed by atoms with van der Waals surface area (Å²) in [6.45, 7) is 7.59. The molecule has 1 aliphatic heterocycles. The number of Topliss-reactive ketones (excluding diaryl/α,β-unsaturated/α-hetero) is 1. The average Bonchev–Trinajstić information content (AvgIpc) is 3.50. The van der Waals surface area contributed by atoms with Crippen LogP contribution >= 0.6 is 11.3 Å². The van der Waals surface area contributed by atoms with Crippen LogP contribution in [0.2, 0.25) is 0 Å². The van der Waals surface area contributed by atoms with Gasteiger partial charge in [0.1, 0.15) is 11.3 Å². The van der Waals surface area contributed by atoms with Gasteiger partial charge in [0, 0.05) is 18.8 Å². The molecule has 0 radical (unpaired) electrons. The first-order chi connectivity index (χ1) is 15.0. The van der Waals surface area contributed by atoms with Gasteiger partial charge in [0.2, 0.25) is 10.9 Å². The van der Waals surface area contributed by atoms with E-state index < -0.39 is 23.5 Å². The summed E-state index contributed by atoms with van der Waals surface area (Å²) in [6, 6.07) is 9.97. The molecular weight excluding hydrogens is 416 g/mol. The van der Waals surface area contributed by atoms with Gasteiger partial charge in [-0.05, 0) is 50.6 Å². The number of carbonyl (C=O) groups is 2. The summed E-state index contributed by atoms with van der Waals surface area (Å²) < 4.78 is 5.47. The minimum absolute atomic E-state index is 0.0369. The van der Waals surface area contributed by atoms with E-state index in [1.165, 1.54) is 16.5 Å². The minimum Gasteiger partial charge on any atom is -0.503 e. The smallest absolute Gasteiger partial charge is 0.296 e. The second kappa shape index (κ2) is 8.35. The number of ketones is 1. The molecule has 1 atom stereocenters. The van der Waals surface area contributed by atoms with Gasteiger partial charge in [-0.3, -0.25) is 14.5 Å². The van der Waals surface area contributed by atoms with Crippen molar-refractivity contribution >= 4 is 33.8 Å². The molecule has 9 heteroatoms. The molecule has 0 saturated carbocycles. The van der Waals surface area contributed by atoms with Crippen molar-refractivity contribution in [1.82, 2.24) is 10.2 Å². The standard InChI is InChI=1S/C22H22N4O4S/c1-4-25(5-2)15-9-7-14(8-10-15)18-17(19(27)16-11-6-13(3)30-16)20(28)21(29)26(18)22-24-23-12-31-22/h6-12,18,28H,4-5H2,1-3H3. The van der Waals surface area contributed by atoms with Crippen LogP contribution in [0.1, 0.15) is 41.8 Å². The van der Waals surface area contributed by atoms with Crippen molar-refractivity contribution in [1.29, 1.82) is 0 Å². The zero-order chi connectivity index (χ0) is 22.1. The molecule has 1 N–H and O–H groups in total. The van der Waals surface area contributed by atoms with Crippen LogP contribution in [0, 0.1) is 6.92 Å². The number of hydrogen-bond donors (Lipinski definition) is 1. The number of hydrogen-bond acceptors (Lipinski definition) is 8. The largest absolute Gasteiger partial charge is 0.503 e. The zero-order valence-corrected chi connectivity index (χ0v) is 18.2. The molecule has 8 nitrogen and oxygen atoms in total. The van der Waals surface area contributed by atoms with Crippen molar-refractivity contribution < 1.29 is 19.1 Å². The Morgan fingerprint density at radius 3 is 2.45 bits per heavy atom. The molecule has 0 fully saturated rings. The van der Waals surface area contributed by atoms with Crippen LogP contribution in [-0.2, 0) is 4.79 Å². The van der Waals surface area contributed by atoms with Crippen LogP contribution < -0.4 is 9.80 Å². The van der Waals surface area contributed by atoms with Crippen LogP contribution in [0.3, 0.4) is 0 Å². The molecule has 1 amide bonds. The highest BCUT2D eigenvalue weighted by Crippen LogP contribution is 2.42. The number of furan rings is 1. The Kier molecular flexibility index (Phi) is 5.60. The van der Waals surface area contributed by atoms with Crippen LogP contribution in [0.25, 0.3) is 0 Å². The molecule has 1 unspecified atom stereocenters. The van der Waals surface area contributed by atoms with Crippen LogP contribution in [0.4, 0.5) is 10.8 Å². The predicted octanol–water partition coefficient (Wildman–Crippen LogP) is 4.07. The molecule has 0 saturated heterocycles. The van der Waals surface area contributed by atoms with Crippen molar-refractivity contribution in [3.8, 4) is 0 Å². The second-order valence-electron chi connectivity index (χ2n) is 7.06. The highest BCUT2D eigenvalue weighted by Gasteiger charge is 2.46. The fourth-order valence-corrected chi connectivity index (χ4v) is 4.35. The van der Waals surface area contributed by atoms with Gasteiger partial charge in [-0.2, -0.15) is 0 Å². The Hall–Kier alpha value is -3.46. The maximum absolute atomic E-state index is 13.3. The lowest BCUT2D eigenvalue weighted by molar-refractivity contribution is -0.117. The molecule has 3 aromatic rings. The first kappa shape index (κ1) is 20.8. The van der Waals surface area contributed by atoms with E-state index in [1.807, 2.05) is 24.3 Å². The number of aliphatic hydroxyl groups excluding tert-OH is 1. The summed E-state index contributed by atoms with van der Waals surface area (Å²) >= 11 is 1.16. The maximum atomic E-state index is 13.3. The van der Waals surface area contributed by atoms with Crippen LogP contribution in [-0.4, -0.2) is 40.1 Å². The molecule has 0 aliphatic carbocycles. The van der Waals surface area contributed by atoms with Gasteiger partial charge in [0.05, 0.1) is 11.6 Å². The zero-order valence-electron chi connectivity index (χ0n) is 17.4. The summed E-state index contributed by atoms with van der Waals surface area (Å²) in [5, 5.41) is 18.8. The number of amides is 1. The highest BCUT2D eigenvalue weighted by molar-refractivity contribution is 7.13. The van der Waals surface area contributed by atoms with E-state index in [2.05, 4.69) is 28.9 Å². The predicted molar refractivity (Wildman–Crippen MR) is 118 cm³/mol. The lowest BCUT2D eigenvalue weighted by Gasteiger charge is -2.25. The molecule has 1 aromatic carbocycles. The Labute approximate surface area is 183 Å². The number of aromatic nitrogens is 2. The summed E-state index contributed by atoms with van der Waals surface area (Å²) in [6.07, 6.45) is 0. The molecule has 160 valence electrons. The lowest BCUT2D eigenvalue weighted by Crippen LogP contribution is -2.31. The van der Waals surface area contributed by atoms with Gasteiger partial charge in [0.15, 0.2) is 11.5 Å². The van der Waals surface area contributed by atoms with E-state index >= 15 is 0 Å². The number of anilines is 2. The topological polar surface area (TPSA) is 99.8 Å². The van der Waals surface area contributed by atoms with E-state index in [-0.39, 0.29) is 11.3 Å². The number of aliphatic hydroxyl groups is 1. The second-order valence-corrected chi connectivity index (χ2v) is 7.88. The van der Waals surface area contributed by atoms with Gasteiger partial charge in [-0.1, -0.05) is 23.5 Å². The van der Waals surface area contributed by atoms with Crippen molar-refractivity contribution in [2.75, 3.05) is 22.9 Å². The van der Waals surface area contributed by atoms with Gasteiger partial charge in [-0.25, -0.2) is 0 Å². The van der Waals surface area contributed by atoms with Crippen molar-refractivity contribution in [2.45, 2.75) is 26.8 Å². The number of carbonyl (C=O) groups excluding carboxylic acids is 2. The van der Waals surface area contributed by atoms with E-state index in [1.54, 1.807) is 13.0 Å². The van der Waals surface area contributed by atoms with E-state index in [9.17, 15) is 14.7 Å². The number of aryl methyl sites for hydroxylation is 1. The number of nitrogens with zero attached hydrogens (tertiary/aromatic N) is 4. The maximum Gasteiger partial charge on any atom is 0.296 e. The monoisotopic (exact) mass is 438 g/mol. The molecule has 3 heterocycles. The Bertz CT molecular complexity index is 1130. The van der Waals surface area contributed by atoms with Gasteiger partial charge < -0.3 is 14.4 Å². The van der Waals surface area contributed by atoms with Gasteiger partial charge in [0.25, 0.3) is 5.91 Å². The third-order valence-corrected chi connectivity index (χ3v) is 6.00. The summed E-state index contributed by atoms with van der Waals surface area (Å²) in [4.78, 5) is 29.7. The SMILES string of the molecule is CCN(CC)c1ccc(C2C(C(=O)c3ccc(C)o3)=C(O)C(=O)N2c2nncs2)cc1. The normalized spacial score (nSPS) is 16.3. The molecule has 31 heavy (non-hydrogen) atoms. The number of rotatable bonds is 7. The lowest BCUT2D eigenvalue weighted by atomic mass is 9.95. The summed E-state index contributed by atoms with van der Waals surface area (Å²) in [5.41, 5.74) is 3.17. The minimum atomic E-state index is -0.843. The molecule has 0 spiro atoms. The third kappa shape index (κ3) is 3.61. The summed E-state index contributed by atoms with van der Waals surface area (Å²) in [5.74, 6) is -1.21. The molecular formula is C22H22N4O4S. The van der Waals surface area contributed by atoms with E-state index in [0.29, 0.717) is 16.5 Å². The van der Waals surface area contributed by atoms with Gasteiger partial charge in [-0.15, -0.1) is 10.2 Å². The highest BCUT2D eigenvalue weighted by atomic mass is 32.1. The molecule has 4 rings (SSSR count).